The van der Waals surface area contributed by atoms with E-state index in [0.29, 0.717) is 55.0 Å². The van der Waals surface area contributed by atoms with Gasteiger partial charge in [0.25, 0.3) is 5.91 Å². The Labute approximate surface area is 208 Å². The van der Waals surface area contributed by atoms with Crippen molar-refractivity contribution in [2.24, 2.45) is 22.4 Å². The number of rotatable bonds is 11. The third kappa shape index (κ3) is 6.50. The van der Waals surface area contributed by atoms with Crippen molar-refractivity contribution < 1.29 is 13.2 Å². The topological polar surface area (TPSA) is 147 Å². The average Bonchev–Trinajstić information content (AvgIpc) is 3.26. The second kappa shape index (κ2) is 11.8. The van der Waals surface area contributed by atoms with Crippen LogP contribution in [0.3, 0.4) is 0 Å². The maximum atomic E-state index is 12.3. The SMILES string of the molecule is CCS(=O)(=O)N1CCC(c2c[nH]c3c(C(N)=O)cc(C(C=NCCNCC(C)C)=CN)cc23)CC1. The lowest BCUT2D eigenvalue weighted by Gasteiger charge is -2.31. The largest absolute Gasteiger partial charge is 0.404 e. The summed E-state index contributed by atoms with van der Waals surface area (Å²) in [6.07, 6.45) is 6.55. The molecular formula is C25H38N6O3S. The quantitative estimate of drug-likeness (QED) is 0.275. The molecule has 2 aromatic rings. The maximum Gasteiger partial charge on any atom is 0.250 e. The smallest absolute Gasteiger partial charge is 0.250 e. The lowest BCUT2D eigenvalue weighted by Crippen LogP contribution is -2.38. The van der Waals surface area contributed by atoms with Crippen LogP contribution in [-0.2, 0) is 10.0 Å². The van der Waals surface area contributed by atoms with Crippen molar-refractivity contribution in [1.82, 2.24) is 14.6 Å². The number of amides is 1. The number of piperidine rings is 1. The number of allylic oxidation sites excluding steroid dienone is 1. The van der Waals surface area contributed by atoms with Gasteiger partial charge < -0.3 is 21.8 Å². The van der Waals surface area contributed by atoms with Gasteiger partial charge in [-0.3, -0.25) is 9.79 Å². The molecule has 9 nitrogen and oxygen atoms in total. The Morgan fingerprint density at radius 3 is 2.63 bits per heavy atom. The van der Waals surface area contributed by atoms with Crippen LogP contribution >= 0.6 is 0 Å². The van der Waals surface area contributed by atoms with Crippen LogP contribution in [0.1, 0.15) is 61.0 Å². The molecule has 192 valence electrons. The van der Waals surface area contributed by atoms with Gasteiger partial charge in [-0.05, 0) is 61.4 Å². The minimum absolute atomic E-state index is 0.111. The molecule has 2 heterocycles. The van der Waals surface area contributed by atoms with Crippen LogP contribution in [0, 0.1) is 5.92 Å². The summed E-state index contributed by atoms with van der Waals surface area (Å²) >= 11 is 0. The molecule has 1 aliphatic heterocycles. The standard InChI is InChI=1S/C25H38N6O3S/c1-4-35(33,34)31-9-5-18(6-10-31)23-16-30-24-21(23)11-19(12-22(24)25(27)32)20(13-26)15-29-8-7-28-14-17(2)3/h11-13,15-18,28,30H,4-10,14,26H2,1-3H3,(H2,27,32). The van der Waals surface area contributed by atoms with E-state index in [9.17, 15) is 13.2 Å². The molecule has 0 saturated carbocycles. The molecule has 3 rings (SSSR count). The molecule has 1 fully saturated rings. The van der Waals surface area contributed by atoms with Crippen LogP contribution < -0.4 is 16.8 Å². The number of carbonyl (C=O) groups is 1. The number of aromatic nitrogens is 1. The molecule has 1 aromatic heterocycles. The number of nitrogens with one attached hydrogen (secondary N) is 2. The van der Waals surface area contributed by atoms with Gasteiger partial charge >= 0.3 is 0 Å². The molecule has 1 amide bonds. The molecule has 1 saturated heterocycles. The molecule has 1 aromatic carbocycles. The number of hydrogen-bond donors (Lipinski definition) is 4. The first-order valence-electron chi connectivity index (χ1n) is 12.2. The fourth-order valence-electron chi connectivity index (χ4n) is 4.49. The van der Waals surface area contributed by atoms with Crippen molar-refractivity contribution in [3.63, 3.8) is 0 Å². The Morgan fingerprint density at radius 1 is 1.31 bits per heavy atom. The van der Waals surface area contributed by atoms with Crippen LogP contribution in [0.4, 0.5) is 0 Å². The van der Waals surface area contributed by atoms with E-state index >= 15 is 0 Å². The molecule has 10 heteroatoms. The van der Waals surface area contributed by atoms with E-state index in [4.69, 9.17) is 11.5 Å². The average molecular weight is 503 g/mol. The number of fused-ring (bicyclic) bond motifs is 1. The number of carbonyl (C=O) groups excluding carboxylic acids is 1. The second-order valence-electron chi connectivity index (χ2n) is 9.38. The molecule has 0 bridgehead atoms. The monoisotopic (exact) mass is 502 g/mol. The predicted octanol–water partition coefficient (Wildman–Crippen LogP) is 2.41. The van der Waals surface area contributed by atoms with Crippen molar-refractivity contribution in [1.29, 1.82) is 0 Å². The van der Waals surface area contributed by atoms with E-state index in [2.05, 4.69) is 29.1 Å². The third-order valence-electron chi connectivity index (χ3n) is 6.45. The molecule has 0 unspecified atom stereocenters. The van der Waals surface area contributed by atoms with Crippen LogP contribution in [-0.4, -0.2) is 68.3 Å². The van der Waals surface area contributed by atoms with Gasteiger partial charge in [-0.2, -0.15) is 0 Å². The van der Waals surface area contributed by atoms with Crippen molar-refractivity contribution in [3.05, 3.63) is 41.2 Å². The zero-order valence-corrected chi connectivity index (χ0v) is 21.7. The summed E-state index contributed by atoms with van der Waals surface area (Å²) in [4.78, 5) is 20.0. The van der Waals surface area contributed by atoms with Gasteiger partial charge in [-0.1, -0.05) is 13.8 Å². The van der Waals surface area contributed by atoms with Gasteiger partial charge in [-0.15, -0.1) is 0 Å². The van der Waals surface area contributed by atoms with Gasteiger partial charge in [0.15, 0.2) is 0 Å². The van der Waals surface area contributed by atoms with Gasteiger partial charge in [-0.25, -0.2) is 12.7 Å². The number of hydrogen-bond acceptors (Lipinski definition) is 6. The number of sulfonamides is 1. The summed E-state index contributed by atoms with van der Waals surface area (Å²) in [5.74, 6) is 0.338. The van der Waals surface area contributed by atoms with E-state index < -0.39 is 15.9 Å². The van der Waals surface area contributed by atoms with E-state index in [1.54, 1.807) is 23.5 Å². The second-order valence-corrected chi connectivity index (χ2v) is 11.6. The van der Waals surface area contributed by atoms with E-state index in [0.717, 1.165) is 29.6 Å². The van der Waals surface area contributed by atoms with Gasteiger partial charge in [0.1, 0.15) is 0 Å². The summed E-state index contributed by atoms with van der Waals surface area (Å²) in [6.45, 7) is 9.28. The minimum atomic E-state index is -3.19. The van der Waals surface area contributed by atoms with Crippen LogP contribution in [0.2, 0.25) is 0 Å². The van der Waals surface area contributed by atoms with Crippen molar-refractivity contribution in [2.45, 2.75) is 39.5 Å². The third-order valence-corrected chi connectivity index (χ3v) is 8.33. The van der Waals surface area contributed by atoms with Gasteiger partial charge in [0.05, 0.1) is 23.4 Å². The number of benzene rings is 1. The highest BCUT2D eigenvalue weighted by Crippen LogP contribution is 2.36. The predicted molar refractivity (Wildman–Crippen MR) is 143 cm³/mol. The molecule has 1 aliphatic rings. The Kier molecular flexibility index (Phi) is 9.09. The summed E-state index contributed by atoms with van der Waals surface area (Å²) in [7, 11) is -3.19. The zero-order chi connectivity index (χ0) is 25.6. The van der Waals surface area contributed by atoms with E-state index in [-0.39, 0.29) is 11.7 Å². The maximum absolute atomic E-state index is 12.3. The number of nitrogens with zero attached hydrogens (tertiary/aromatic N) is 2. The van der Waals surface area contributed by atoms with Gasteiger partial charge in [0.2, 0.25) is 10.0 Å². The Bertz CT molecular complexity index is 1190. The first kappa shape index (κ1) is 26.9. The Morgan fingerprint density at radius 2 is 2.03 bits per heavy atom. The summed E-state index contributed by atoms with van der Waals surface area (Å²) in [6, 6.07) is 3.74. The first-order chi connectivity index (χ1) is 16.7. The lowest BCUT2D eigenvalue weighted by molar-refractivity contribution is 0.100. The molecule has 0 radical (unpaired) electrons. The number of aliphatic imine (C=N–C) groups is 1. The lowest BCUT2D eigenvalue weighted by atomic mass is 9.88. The minimum Gasteiger partial charge on any atom is -0.404 e. The number of primary amides is 1. The summed E-state index contributed by atoms with van der Waals surface area (Å²) in [5, 5.41) is 4.25. The van der Waals surface area contributed by atoms with E-state index in [1.807, 2.05) is 12.3 Å². The highest BCUT2D eigenvalue weighted by molar-refractivity contribution is 7.89. The molecule has 35 heavy (non-hydrogen) atoms. The van der Waals surface area contributed by atoms with E-state index in [1.165, 1.54) is 6.20 Å². The van der Waals surface area contributed by atoms with Crippen molar-refractivity contribution in [2.75, 3.05) is 38.5 Å². The normalized spacial score (nSPS) is 16.6. The van der Waals surface area contributed by atoms with Crippen LogP contribution in [0.15, 0.2) is 29.5 Å². The van der Waals surface area contributed by atoms with Crippen molar-refractivity contribution in [3.8, 4) is 0 Å². The van der Waals surface area contributed by atoms with Crippen LogP contribution in [0.5, 0.6) is 0 Å². The highest BCUT2D eigenvalue weighted by atomic mass is 32.2. The highest BCUT2D eigenvalue weighted by Gasteiger charge is 2.29. The fourth-order valence-corrected chi connectivity index (χ4v) is 5.62. The summed E-state index contributed by atoms with van der Waals surface area (Å²) in [5.41, 5.74) is 15.2. The number of nitrogens with two attached hydrogens (primary N) is 2. The fraction of sp³-hybridized carbons (Fsp3) is 0.520. The van der Waals surface area contributed by atoms with Crippen molar-refractivity contribution >= 4 is 38.6 Å². The number of aromatic amines is 1. The number of H-pyrrole nitrogens is 1. The van der Waals surface area contributed by atoms with Gasteiger partial charge in [0, 0.05) is 49.2 Å². The van der Waals surface area contributed by atoms with Crippen LogP contribution in [0.25, 0.3) is 16.5 Å². The zero-order valence-electron chi connectivity index (χ0n) is 20.9. The molecule has 0 atom stereocenters. The molecule has 0 aliphatic carbocycles. The molecular weight excluding hydrogens is 464 g/mol. The molecule has 6 N–H and O–H groups in total. The summed E-state index contributed by atoms with van der Waals surface area (Å²) < 4.78 is 26.1. The first-order valence-corrected chi connectivity index (χ1v) is 13.8. The molecule has 0 spiro atoms. The Balaban J connectivity index is 1.85. The Hall–Kier alpha value is -2.69.